The van der Waals surface area contributed by atoms with Gasteiger partial charge in [-0.3, -0.25) is 0 Å². The Kier molecular flexibility index (Phi) is 9.27. The second kappa shape index (κ2) is 12.8. The molecule has 3 rings (SSSR count). The van der Waals surface area contributed by atoms with Gasteiger partial charge in [-0.25, -0.2) is 5.43 Å². The summed E-state index contributed by atoms with van der Waals surface area (Å²) in [6, 6.07) is 11.2. The normalized spacial score (nSPS) is 11.2. The van der Waals surface area contributed by atoms with Crippen LogP contribution in [0.2, 0.25) is 0 Å². The monoisotopic (exact) mass is 466 g/mol. The van der Waals surface area contributed by atoms with Crippen LogP contribution in [0.5, 0.6) is 23.0 Å². The second-order valence-electron chi connectivity index (χ2n) is 6.76. The zero-order chi connectivity index (χ0) is 24.2. The van der Waals surface area contributed by atoms with Gasteiger partial charge in [0.25, 0.3) is 5.95 Å². The summed E-state index contributed by atoms with van der Waals surface area (Å²) in [5.41, 5.74) is 4.54. The Bertz CT molecular complexity index is 1110. The molecule has 0 saturated heterocycles. The fourth-order valence-corrected chi connectivity index (χ4v) is 2.98. The van der Waals surface area contributed by atoms with Crippen LogP contribution in [-0.2, 0) is 0 Å². The van der Waals surface area contributed by atoms with Gasteiger partial charge in [0, 0.05) is 0 Å². The number of benzene rings is 2. The Morgan fingerprint density at radius 1 is 0.765 bits per heavy atom. The third kappa shape index (κ3) is 6.71. The molecule has 1 N–H and O–H groups in total. The van der Waals surface area contributed by atoms with E-state index in [4.69, 9.17) is 18.9 Å². The fraction of sp³-hybridized carbons (Fsp3) is 0.333. The molecule has 0 bridgehead atoms. The minimum absolute atomic E-state index is 0.361. The Balaban J connectivity index is 1.69. The predicted octanol–water partition coefficient (Wildman–Crippen LogP) is 4.20. The summed E-state index contributed by atoms with van der Waals surface area (Å²) in [6.45, 7) is 9.93. The molecule has 1 aromatic heterocycles. The molecule has 0 atom stereocenters. The van der Waals surface area contributed by atoms with Crippen molar-refractivity contribution in [3.05, 3.63) is 53.9 Å². The molecule has 0 saturated carbocycles. The van der Waals surface area contributed by atoms with Gasteiger partial charge in [-0.05, 0) is 75.2 Å². The van der Waals surface area contributed by atoms with E-state index in [1.54, 1.807) is 12.4 Å². The standard InChI is InChI=1S/C24H30N6O4/c1-5-31-20-11-9-18(13-22(20)33-7-3)15-25-28-24-29-26-17-30(24)27-16-19-10-12-21(32-6-2)23(14-19)34-8-4/h9-17H,5-8H2,1-4H3,(H,28,29). The van der Waals surface area contributed by atoms with Crippen molar-refractivity contribution in [1.29, 1.82) is 0 Å². The first-order valence-electron chi connectivity index (χ1n) is 11.2. The number of rotatable bonds is 13. The second-order valence-corrected chi connectivity index (χ2v) is 6.76. The maximum Gasteiger partial charge on any atom is 0.265 e. The van der Waals surface area contributed by atoms with E-state index in [1.165, 1.54) is 11.0 Å². The van der Waals surface area contributed by atoms with Crippen LogP contribution in [-0.4, -0.2) is 53.7 Å². The van der Waals surface area contributed by atoms with E-state index in [2.05, 4.69) is 25.8 Å². The maximum absolute atomic E-state index is 5.66. The van der Waals surface area contributed by atoms with E-state index >= 15 is 0 Å². The van der Waals surface area contributed by atoms with Crippen LogP contribution < -0.4 is 24.4 Å². The first-order valence-corrected chi connectivity index (χ1v) is 11.2. The highest BCUT2D eigenvalue weighted by Gasteiger charge is 2.07. The molecule has 0 aliphatic heterocycles. The van der Waals surface area contributed by atoms with Gasteiger partial charge in [0.2, 0.25) is 0 Å². The molecule has 180 valence electrons. The van der Waals surface area contributed by atoms with Gasteiger partial charge in [-0.15, -0.1) is 10.2 Å². The minimum atomic E-state index is 0.361. The molecule has 1 heterocycles. The Hall–Kier alpha value is -4.08. The number of nitrogens with zero attached hydrogens (tertiary/aromatic N) is 5. The van der Waals surface area contributed by atoms with Crippen molar-refractivity contribution in [3.8, 4) is 23.0 Å². The van der Waals surface area contributed by atoms with Crippen molar-refractivity contribution in [1.82, 2.24) is 14.9 Å². The summed E-state index contributed by atoms with van der Waals surface area (Å²) < 4.78 is 24.0. The highest BCUT2D eigenvalue weighted by atomic mass is 16.5. The highest BCUT2D eigenvalue weighted by Crippen LogP contribution is 2.29. The SMILES string of the molecule is CCOc1ccc(C=NNc2nncn2N=Cc2ccc(OCC)c(OCC)c2)cc1OCC. The quantitative estimate of drug-likeness (QED) is 0.297. The number of hydrogen-bond donors (Lipinski definition) is 1. The smallest absolute Gasteiger partial charge is 0.265 e. The summed E-state index contributed by atoms with van der Waals surface area (Å²) >= 11 is 0. The fourth-order valence-electron chi connectivity index (χ4n) is 2.98. The molecule has 10 heteroatoms. The largest absolute Gasteiger partial charge is 0.490 e. The lowest BCUT2D eigenvalue weighted by atomic mass is 10.2. The van der Waals surface area contributed by atoms with Crippen LogP contribution in [0.3, 0.4) is 0 Å². The van der Waals surface area contributed by atoms with Crippen LogP contribution in [0.4, 0.5) is 5.95 Å². The van der Waals surface area contributed by atoms with Crippen LogP contribution in [0, 0.1) is 0 Å². The lowest BCUT2D eigenvalue weighted by Crippen LogP contribution is -2.01. The molecule has 0 aliphatic rings. The van der Waals surface area contributed by atoms with E-state index in [9.17, 15) is 0 Å². The molecule has 3 aromatic rings. The number of nitrogens with one attached hydrogen (secondary N) is 1. The third-order valence-corrected chi connectivity index (χ3v) is 4.37. The highest BCUT2D eigenvalue weighted by molar-refractivity contribution is 5.82. The molecular weight excluding hydrogens is 436 g/mol. The zero-order valence-electron chi connectivity index (χ0n) is 19.9. The molecule has 0 aliphatic carbocycles. The van der Waals surface area contributed by atoms with Crippen molar-refractivity contribution < 1.29 is 18.9 Å². The number of hydrogen-bond acceptors (Lipinski definition) is 9. The molecule has 34 heavy (non-hydrogen) atoms. The summed E-state index contributed by atoms with van der Waals surface area (Å²) in [4.78, 5) is 0. The molecule has 2 aromatic carbocycles. The summed E-state index contributed by atoms with van der Waals surface area (Å²) in [5, 5.41) is 16.6. The van der Waals surface area contributed by atoms with Crippen LogP contribution in [0.1, 0.15) is 38.8 Å². The molecular formula is C24H30N6O4. The van der Waals surface area contributed by atoms with E-state index < -0.39 is 0 Å². The number of hydrazone groups is 1. The van der Waals surface area contributed by atoms with Crippen molar-refractivity contribution in [2.75, 3.05) is 31.9 Å². The molecule has 0 unspecified atom stereocenters. The molecule has 10 nitrogen and oxygen atoms in total. The Morgan fingerprint density at radius 3 is 1.85 bits per heavy atom. The predicted molar refractivity (Wildman–Crippen MR) is 132 cm³/mol. The van der Waals surface area contributed by atoms with E-state index in [0.717, 1.165) is 11.1 Å². The van der Waals surface area contributed by atoms with Gasteiger partial charge in [-0.2, -0.15) is 14.9 Å². The van der Waals surface area contributed by atoms with Crippen molar-refractivity contribution in [2.24, 2.45) is 10.2 Å². The number of aromatic nitrogens is 3. The van der Waals surface area contributed by atoms with Crippen LogP contribution in [0.25, 0.3) is 0 Å². The lowest BCUT2D eigenvalue weighted by Gasteiger charge is -2.11. The van der Waals surface area contributed by atoms with Crippen LogP contribution in [0.15, 0.2) is 52.9 Å². The van der Waals surface area contributed by atoms with Crippen molar-refractivity contribution in [2.45, 2.75) is 27.7 Å². The average molecular weight is 467 g/mol. The Morgan fingerprint density at radius 2 is 1.29 bits per heavy atom. The van der Waals surface area contributed by atoms with Gasteiger partial charge >= 0.3 is 0 Å². The van der Waals surface area contributed by atoms with Gasteiger partial charge in [0.1, 0.15) is 6.33 Å². The summed E-state index contributed by atoms with van der Waals surface area (Å²) in [7, 11) is 0. The third-order valence-electron chi connectivity index (χ3n) is 4.37. The molecule has 0 spiro atoms. The van der Waals surface area contributed by atoms with Crippen molar-refractivity contribution in [3.63, 3.8) is 0 Å². The van der Waals surface area contributed by atoms with Crippen LogP contribution >= 0.6 is 0 Å². The van der Waals surface area contributed by atoms with Gasteiger partial charge in [0.05, 0.1) is 38.9 Å². The van der Waals surface area contributed by atoms with E-state index in [-0.39, 0.29) is 0 Å². The Labute approximate surface area is 199 Å². The summed E-state index contributed by atoms with van der Waals surface area (Å²) in [6.07, 6.45) is 4.82. The molecule has 0 fully saturated rings. The zero-order valence-corrected chi connectivity index (χ0v) is 19.9. The molecule has 0 amide bonds. The maximum atomic E-state index is 5.66. The van der Waals surface area contributed by atoms with Gasteiger partial charge in [-0.1, -0.05) is 0 Å². The first kappa shape index (κ1) is 24.6. The average Bonchev–Trinajstić information content (AvgIpc) is 3.28. The number of ether oxygens (including phenoxy) is 4. The van der Waals surface area contributed by atoms with Gasteiger partial charge < -0.3 is 18.9 Å². The topological polar surface area (TPSA) is 104 Å². The lowest BCUT2D eigenvalue weighted by molar-refractivity contribution is 0.288. The molecule has 0 radical (unpaired) electrons. The first-order chi connectivity index (χ1) is 16.7. The summed E-state index contributed by atoms with van der Waals surface area (Å²) in [5.74, 6) is 3.10. The van der Waals surface area contributed by atoms with Gasteiger partial charge in [0.15, 0.2) is 23.0 Å². The van der Waals surface area contributed by atoms with Crippen molar-refractivity contribution >= 4 is 18.4 Å². The van der Waals surface area contributed by atoms with E-state index in [1.807, 2.05) is 64.1 Å². The number of anilines is 1. The van der Waals surface area contributed by atoms with E-state index in [0.29, 0.717) is 55.4 Å². The minimum Gasteiger partial charge on any atom is -0.490 e.